The van der Waals surface area contributed by atoms with Crippen molar-refractivity contribution in [2.24, 2.45) is 17.8 Å². The number of anilines is 1. The highest BCUT2D eigenvalue weighted by Crippen LogP contribution is 2.60. The molecule has 1 aliphatic heterocycles. The highest BCUT2D eigenvalue weighted by atomic mass is 127. The summed E-state index contributed by atoms with van der Waals surface area (Å²) in [5.41, 5.74) is 2.47. The third-order valence-corrected chi connectivity index (χ3v) is 9.28. The summed E-state index contributed by atoms with van der Waals surface area (Å²) in [6, 6.07) is 14.1. The van der Waals surface area contributed by atoms with E-state index >= 15 is 0 Å². The van der Waals surface area contributed by atoms with E-state index in [4.69, 9.17) is 10.00 Å². The number of barbiturate groups is 1. The lowest BCUT2D eigenvalue weighted by Crippen LogP contribution is -2.54. The van der Waals surface area contributed by atoms with Crippen LogP contribution in [-0.2, 0) is 15.0 Å². The van der Waals surface area contributed by atoms with E-state index in [0.717, 1.165) is 26.2 Å². The second kappa shape index (κ2) is 9.28. The fourth-order valence-electron chi connectivity index (χ4n) is 7.32. The van der Waals surface area contributed by atoms with Gasteiger partial charge in [0.1, 0.15) is 17.4 Å². The van der Waals surface area contributed by atoms with Crippen LogP contribution >= 0.6 is 22.6 Å². The highest BCUT2D eigenvalue weighted by molar-refractivity contribution is 14.1. The van der Waals surface area contributed by atoms with Crippen molar-refractivity contribution in [2.45, 2.75) is 43.9 Å². The average molecular weight is 607 g/mol. The molecular weight excluding hydrogens is 581 g/mol. The maximum Gasteiger partial charge on any atom is 0.335 e. The van der Waals surface area contributed by atoms with Crippen molar-refractivity contribution in [2.75, 3.05) is 11.5 Å². The van der Waals surface area contributed by atoms with E-state index in [1.54, 1.807) is 18.2 Å². The topological polar surface area (TPSA) is 99.5 Å². The molecule has 4 amide bonds. The van der Waals surface area contributed by atoms with E-state index in [2.05, 4.69) is 40.0 Å². The first-order chi connectivity index (χ1) is 17.8. The molecule has 1 N–H and O–H groups in total. The molecule has 0 unspecified atom stereocenters. The summed E-state index contributed by atoms with van der Waals surface area (Å²) in [5, 5.41) is 11.0. The summed E-state index contributed by atoms with van der Waals surface area (Å²) in [6.07, 6.45) is 9.30. The SMILES string of the molecule is N#CCOc1ccc(/C=C2\C(=O)NC(=O)N(c3ccc(C45CC6CC(CC(C6)C4)C5)cc3)C2=O)cc1I. The van der Waals surface area contributed by atoms with Gasteiger partial charge in [-0.3, -0.25) is 14.9 Å². The predicted octanol–water partition coefficient (Wildman–Crippen LogP) is 5.33. The van der Waals surface area contributed by atoms with Crippen LogP contribution in [0.5, 0.6) is 5.75 Å². The summed E-state index contributed by atoms with van der Waals surface area (Å²) < 4.78 is 6.10. The zero-order valence-electron chi connectivity index (χ0n) is 20.2. The van der Waals surface area contributed by atoms with Gasteiger partial charge in [-0.2, -0.15) is 5.26 Å². The van der Waals surface area contributed by atoms with E-state index in [9.17, 15) is 14.4 Å². The molecule has 0 spiro atoms. The largest absolute Gasteiger partial charge is 0.478 e. The maximum atomic E-state index is 13.4. The van der Waals surface area contributed by atoms with Crippen LogP contribution in [0.25, 0.3) is 6.08 Å². The molecule has 7 nitrogen and oxygen atoms in total. The van der Waals surface area contributed by atoms with Gasteiger partial charge in [-0.15, -0.1) is 0 Å². The van der Waals surface area contributed by atoms with Gasteiger partial charge in [-0.1, -0.05) is 18.2 Å². The van der Waals surface area contributed by atoms with Gasteiger partial charge in [-0.25, -0.2) is 9.69 Å². The van der Waals surface area contributed by atoms with Crippen LogP contribution in [0.1, 0.15) is 49.7 Å². The zero-order valence-corrected chi connectivity index (χ0v) is 22.4. The summed E-state index contributed by atoms with van der Waals surface area (Å²) in [6.45, 7) is -0.0734. The molecule has 0 radical (unpaired) electrons. The lowest BCUT2D eigenvalue weighted by Gasteiger charge is -2.57. The Morgan fingerprint density at radius 1 is 1.03 bits per heavy atom. The molecule has 1 saturated heterocycles. The first-order valence-corrected chi connectivity index (χ1v) is 13.7. The number of nitrogens with zero attached hydrogens (tertiary/aromatic N) is 2. The summed E-state index contributed by atoms with van der Waals surface area (Å²) in [5.74, 6) is 1.64. The molecule has 5 aliphatic rings. The van der Waals surface area contributed by atoms with Gasteiger partial charge in [0, 0.05) is 0 Å². The minimum atomic E-state index is -0.746. The number of rotatable bonds is 5. The average Bonchev–Trinajstić information content (AvgIpc) is 2.85. The number of ether oxygens (including phenoxy) is 1. The number of nitriles is 1. The Hall–Kier alpha value is -3.19. The molecule has 37 heavy (non-hydrogen) atoms. The third-order valence-electron chi connectivity index (χ3n) is 8.44. The number of imide groups is 2. The maximum absolute atomic E-state index is 13.4. The molecule has 2 aromatic rings. The number of halogens is 1. The number of hydrogen-bond acceptors (Lipinski definition) is 5. The molecule has 0 aromatic heterocycles. The molecule has 0 atom stereocenters. The molecule has 7 rings (SSSR count). The number of carbonyl (C=O) groups excluding carboxylic acids is 3. The molecule has 4 bridgehead atoms. The van der Waals surface area contributed by atoms with E-state index in [0.29, 0.717) is 17.0 Å². The first kappa shape index (κ1) is 24.2. The lowest BCUT2D eigenvalue weighted by atomic mass is 9.48. The third kappa shape index (κ3) is 4.33. The van der Waals surface area contributed by atoms with Crippen molar-refractivity contribution in [1.82, 2.24) is 5.32 Å². The van der Waals surface area contributed by atoms with Crippen molar-refractivity contribution in [3.05, 3.63) is 62.7 Å². The molecule has 4 saturated carbocycles. The standard InChI is InChI=1S/C29H26IN3O4/c30-24-13-17(1-6-25(24)37-8-7-31)12-23-26(34)32-28(36)33(27(23)35)22-4-2-21(3-5-22)29-14-18-9-19(15-29)11-20(10-18)16-29/h1-6,12-13,18-20H,8-11,14-16H2,(H,32,34,36)/b23-12+. The Kier molecular flexibility index (Phi) is 6.06. The van der Waals surface area contributed by atoms with Gasteiger partial charge < -0.3 is 4.74 Å². The Balaban J connectivity index is 1.26. The summed E-state index contributed by atoms with van der Waals surface area (Å²) in [4.78, 5) is 39.7. The van der Waals surface area contributed by atoms with Crippen LogP contribution in [0.2, 0.25) is 0 Å². The molecule has 1 heterocycles. The number of benzene rings is 2. The highest BCUT2D eigenvalue weighted by Gasteiger charge is 2.51. The van der Waals surface area contributed by atoms with E-state index in [1.165, 1.54) is 50.2 Å². The minimum Gasteiger partial charge on any atom is -0.478 e. The molecule has 188 valence electrons. The lowest BCUT2D eigenvalue weighted by molar-refractivity contribution is -0.122. The van der Waals surface area contributed by atoms with Crippen molar-refractivity contribution in [3.8, 4) is 11.8 Å². The van der Waals surface area contributed by atoms with E-state index < -0.39 is 17.8 Å². The van der Waals surface area contributed by atoms with Crippen LogP contribution in [0.3, 0.4) is 0 Å². The Morgan fingerprint density at radius 3 is 2.27 bits per heavy atom. The van der Waals surface area contributed by atoms with Crippen LogP contribution in [-0.4, -0.2) is 24.5 Å². The quantitative estimate of drug-likeness (QED) is 0.282. The summed E-state index contributed by atoms with van der Waals surface area (Å²) in [7, 11) is 0. The van der Waals surface area contributed by atoms with E-state index in [-0.39, 0.29) is 17.6 Å². The number of nitrogens with one attached hydrogen (secondary N) is 1. The Bertz CT molecular complexity index is 1340. The fourth-order valence-corrected chi connectivity index (χ4v) is 8.02. The van der Waals surface area contributed by atoms with Crippen LogP contribution in [0.15, 0.2) is 48.0 Å². The second-order valence-electron chi connectivity index (χ2n) is 10.8. The Morgan fingerprint density at radius 2 is 1.68 bits per heavy atom. The summed E-state index contributed by atoms with van der Waals surface area (Å²) >= 11 is 2.07. The van der Waals surface area contributed by atoms with Crippen LogP contribution < -0.4 is 15.0 Å². The van der Waals surface area contributed by atoms with Gasteiger partial charge in [0.05, 0.1) is 9.26 Å². The molecule has 4 aliphatic carbocycles. The van der Waals surface area contributed by atoms with Crippen molar-refractivity contribution in [3.63, 3.8) is 0 Å². The van der Waals surface area contributed by atoms with Gasteiger partial charge in [0.15, 0.2) is 6.61 Å². The smallest absolute Gasteiger partial charge is 0.335 e. The van der Waals surface area contributed by atoms with Crippen LogP contribution in [0, 0.1) is 32.7 Å². The van der Waals surface area contributed by atoms with Crippen molar-refractivity contribution >= 4 is 52.2 Å². The van der Waals surface area contributed by atoms with Gasteiger partial charge in [0.2, 0.25) is 0 Å². The molecule has 2 aromatic carbocycles. The minimum absolute atomic E-state index is 0.0734. The van der Waals surface area contributed by atoms with E-state index in [1.807, 2.05) is 18.2 Å². The first-order valence-electron chi connectivity index (χ1n) is 12.7. The number of amides is 4. The van der Waals surface area contributed by atoms with Crippen molar-refractivity contribution in [1.29, 1.82) is 5.26 Å². The van der Waals surface area contributed by atoms with Gasteiger partial charge >= 0.3 is 6.03 Å². The fraction of sp³-hybridized carbons (Fsp3) is 0.379. The number of hydrogen-bond donors (Lipinski definition) is 1. The Labute approximate surface area is 229 Å². The monoisotopic (exact) mass is 607 g/mol. The number of carbonyl (C=O) groups is 3. The van der Waals surface area contributed by atoms with Crippen molar-refractivity contribution < 1.29 is 19.1 Å². The molecular formula is C29H26IN3O4. The normalized spacial score (nSPS) is 29.4. The number of urea groups is 1. The zero-order chi connectivity index (χ0) is 25.7. The van der Waals surface area contributed by atoms with Gasteiger partial charge in [-0.05, 0) is 126 Å². The predicted molar refractivity (Wildman–Crippen MR) is 146 cm³/mol. The molecule has 8 heteroatoms. The van der Waals surface area contributed by atoms with Gasteiger partial charge in [0.25, 0.3) is 11.8 Å². The van der Waals surface area contributed by atoms with Crippen LogP contribution in [0.4, 0.5) is 10.5 Å². The second-order valence-corrected chi connectivity index (χ2v) is 12.0. The molecule has 5 fully saturated rings.